The summed E-state index contributed by atoms with van der Waals surface area (Å²) in [6, 6.07) is 14.5. The molecular weight excluding hydrogens is 318 g/mol. The smallest absolute Gasteiger partial charge is 0.253 e. The molecule has 0 N–H and O–H groups in total. The molecule has 0 bridgehead atoms. The third-order valence-corrected chi connectivity index (χ3v) is 4.92. The number of carbonyl (C=O) groups is 2. The molecule has 5 nitrogen and oxygen atoms in total. The van der Waals surface area contributed by atoms with E-state index in [4.69, 9.17) is 9.47 Å². The minimum atomic E-state index is -0.622. The summed E-state index contributed by atoms with van der Waals surface area (Å²) < 4.78 is 11.4. The Morgan fingerprint density at radius 2 is 2.00 bits per heavy atom. The molecule has 1 fully saturated rings. The fraction of sp³-hybridized carbons (Fsp3) is 0.300. The van der Waals surface area contributed by atoms with Crippen LogP contribution in [0, 0.1) is 0 Å². The van der Waals surface area contributed by atoms with Crippen LogP contribution in [0.25, 0.3) is 0 Å². The van der Waals surface area contributed by atoms with E-state index in [0.717, 1.165) is 0 Å². The lowest BCUT2D eigenvalue weighted by molar-refractivity contribution is 0.0427. The van der Waals surface area contributed by atoms with Gasteiger partial charge in [-0.1, -0.05) is 18.2 Å². The first-order valence-corrected chi connectivity index (χ1v) is 8.35. The Balaban J connectivity index is 1.56. The standard InChI is InChI=1S/C20H19NO4/c1-24-15-7-8-18-16(11-15)17(22)12-20(25-18)9-10-21(13-20)19(23)14-5-3-2-4-6-14/h2-8,11H,9-10,12-13H2,1H3. The molecule has 0 aromatic heterocycles. The molecule has 4 rings (SSSR count). The van der Waals surface area contributed by atoms with Gasteiger partial charge in [-0.05, 0) is 30.3 Å². The second-order valence-electron chi connectivity index (χ2n) is 6.59. The van der Waals surface area contributed by atoms with Gasteiger partial charge >= 0.3 is 0 Å². The summed E-state index contributed by atoms with van der Waals surface area (Å²) in [6.07, 6.45) is 0.939. The molecule has 5 heteroatoms. The Morgan fingerprint density at radius 3 is 2.76 bits per heavy atom. The number of nitrogens with zero attached hydrogens (tertiary/aromatic N) is 1. The molecule has 25 heavy (non-hydrogen) atoms. The fourth-order valence-electron chi connectivity index (χ4n) is 3.61. The number of ketones is 1. The molecule has 1 saturated heterocycles. The molecule has 1 spiro atoms. The molecule has 1 unspecified atom stereocenters. The lowest BCUT2D eigenvalue weighted by atomic mass is 9.89. The van der Waals surface area contributed by atoms with Crippen molar-refractivity contribution in [3.63, 3.8) is 0 Å². The largest absolute Gasteiger partial charge is 0.497 e. The minimum absolute atomic E-state index is 0.0194. The van der Waals surface area contributed by atoms with E-state index in [9.17, 15) is 9.59 Å². The number of methoxy groups -OCH3 is 1. The first kappa shape index (κ1) is 15.7. The van der Waals surface area contributed by atoms with Gasteiger partial charge < -0.3 is 14.4 Å². The van der Waals surface area contributed by atoms with E-state index >= 15 is 0 Å². The second-order valence-corrected chi connectivity index (χ2v) is 6.59. The Morgan fingerprint density at radius 1 is 1.20 bits per heavy atom. The highest BCUT2D eigenvalue weighted by atomic mass is 16.5. The van der Waals surface area contributed by atoms with Crippen LogP contribution >= 0.6 is 0 Å². The quantitative estimate of drug-likeness (QED) is 0.845. The van der Waals surface area contributed by atoms with Crippen molar-refractivity contribution >= 4 is 11.7 Å². The number of hydrogen-bond donors (Lipinski definition) is 0. The molecule has 2 aromatic carbocycles. The first-order valence-electron chi connectivity index (χ1n) is 8.35. The summed E-state index contributed by atoms with van der Waals surface area (Å²) in [7, 11) is 1.57. The third-order valence-electron chi connectivity index (χ3n) is 4.92. The molecule has 0 radical (unpaired) electrons. The van der Waals surface area contributed by atoms with Crippen LogP contribution in [0.5, 0.6) is 11.5 Å². The van der Waals surface area contributed by atoms with Gasteiger partial charge in [-0.15, -0.1) is 0 Å². The maximum absolute atomic E-state index is 12.7. The van der Waals surface area contributed by atoms with Crippen LogP contribution in [0.15, 0.2) is 48.5 Å². The molecule has 0 saturated carbocycles. The number of likely N-dealkylation sites (tertiary alicyclic amines) is 1. The van der Waals surface area contributed by atoms with Gasteiger partial charge in [0.15, 0.2) is 5.78 Å². The maximum Gasteiger partial charge on any atom is 0.253 e. The fourth-order valence-corrected chi connectivity index (χ4v) is 3.61. The van der Waals surface area contributed by atoms with Crippen molar-refractivity contribution in [1.29, 1.82) is 0 Å². The Labute approximate surface area is 146 Å². The topological polar surface area (TPSA) is 55.8 Å². The number of Topliss-reactive ketones (excluding diaryl/α,β-unsaturated/α-hetero) is 1. The predicted molar refractivity (Wildman–Crippen MR) is 92.3 cm³/mol. The summed E-state index contributed by atoms with van der Waals surface area (Å²) in [6.45, 7) is 1.02. The SMILES string of the molecule is COc1ccc2c(c1)C(=O)CC1(CCN(C(=O)c3ccccc3)C1)O2. The second kappa shape index (κ2) is 5.92. The number of carbonyl (C=O) groups excluding carboxylic acids is 2. The van der Waals surface area contributed by atoms with Crippen molar-refractivity contribution in [3.05, 3.63) is 59.7 Å². The molecule has 2 aliphatic rings. The van der Waals surface area contributed by atoms with Crippen molar-refractivity contribution in [3.8, 4) is 11.5 Å². The summed E-state index contributed by atoms with van der Waals surface area (Å²) in [5.74, 6) is 1.23. The third kappa shape index (κ3) is 2.76. The zero-order valence-corrected chi connectivity index (χ0v) is 14.0. The Kier molecular flexibility index (Phi) is 3.71. The molecule has 2 aromatic rings. The van der Waals surface area contributed by atoms with Gasteiger partial charge in [-0.2, -0.15) is 0 Å². The normalized spacial score (nSPS) is 21.8. The highest BCUT2D eigenvalue weighted by Gasteiger charge is 2.47. The van der Waals surface area contributed by atoms with Gasteiger partial charge in [0.1, 0.15) is 17.1 Å². The first-order chi connectivity index (χ1) is 12.1. The minimum Gasteiger partial charge on any atom is -0.497 e. The van der Waals surface area contributed by atoms with E-state index < -0.39 is 5.60 Å². The van der Waals surface area contributed by atoms with Crippen molar-refractivity contribution in [2.24, 2.45) is 0 Å². The highest BCUT2D eigenvalue weighted by Crippen LogP contribution is 2.40. The van der Waals surface area contributed by atoms with Gasteiger partial charge in [0.2, 0.25) is 0 Å². The molecule has 2 heterocycles. The molecule has 1 amide bonds. The van der Waals surface area contributed by atoms with Gasteiger partial charge in [-0.25, -0.2) is 0 Å². The summed E-state index contributed by atoms with van der Waals surface area (Å²) >= 11 is 0. The van der Waals surface area contributed by atoms with Crippen LogP contribution in [-0.4, -0.2) is 42.4 Å². The number of hydrogen-bond acceptors (Lipinski definition) is 4. The monoisotopic (exact) mass is 337 g/mol. The molecular formula is C20H19NO4. The van der Waals surface area contributed by atoms with E-state index in [1.165, 1.54) is 0 Å². The van der Waals surface area contributed by atoms with E-state index in [1.54, 1.807) is 30.2 Å². The van der Waals surface area contributed by atoms with E-state index in [2.05, 4.69) is 0 Å². The number of rotatable bonds is 2. The molecule has 128 valence electrons. The molecule has 2 aliphatic heterocycles. The Hall–Kier alpha value is -2.82. The maximum atomic E-state index is 12.7. The lowest BCUT2D eigenvalue weighted by Gasteiger charge is -2.34. The average molecular weight is 337 g/mol. The van der Waals surface area contributed by atoms with Crippen LogP contribution in [0.2, 0.25) is 0 Å². The molecule has 1 atom stereocenters. The highest BCUT2D eigenvalue weighted by molar-refractivity contribution is 6.01. The number of fused-ring (bicyclic) bond motifs is 1. The van der Waals surface area contributed by atoms with E-state index in [-0.39, 0.29) is 18.1 Å². The van der Waals surface area contributed by atoms with E-state index in [0.29, 0.717) is 42.1 Å². The van der Waals surface area contributed by atoms with Crippen molar-refractivity contribution in [1.82, 2.24) is 4.90 Å². The summed E-state index contributed by atoms with van der Waals surface area (Å²) in [4.78, 5) is 27.0. The van der Waals surface area contributed by atoms with Crippen molar-refractivity contribution < 1.29 is 19.1 Å². The predicted octanol–water partition coefficient (Wildman–Crippen LogP) is 2.95. The van der Waals surface area contributed by atoms with Crippen LogP contribution in [0.4, 0.5) is 0 Å². The average Bonchev–Trinajstić information content (AvgIpc) is 3.04. The Bertz CT molecular complexity index is 833. The van der Waals surface area contributed by atoms with Crippen LogP contribution in [-0.2, 0) is 0 Å². The van der Waals surface area contributed by atoms with Gasteiger partial charge in [-0.3, -0.25) is 9.59 Å². The summed E-state index contributed by atoms with van der Waals surface area (Å²) in [5, 5.41) is 0. The van der Waals surface area contributed by atoms with Crippen molar-refractivity contribution in [2.75, 3.05) is 20.2 Å². The molecule has 0 aliphatic carbocycles. The van der Waals surface area contributed by atoms with Gasteiger partial charge in [0.05, 0.1) is 25.6 Å². The number of amides is 1. The summed E-state index contributed by atoms with van der Waals surface area (Å²) in [5.41, 5.74) is 0.591. The zero-order chi connectivity index (χ0) is 17.4. The van der Waals surface area contributed by atoms with Gasteiger partial charge in [0.25, 0.3) is 5.91 Å². The van der Waals surface area contributed by atoms with Crippen LogP contribution in [0.1, 0.15) is 33.6 Å². The number of ether oxygens (including phenoxy) is 2. The van der Waals surface area contributed by atoms with Gasteiger partial charge in [0, 0.05) is 18.5 Å². The van der Waals surface area contributed by atoms with Crippen LogP contribution in [0.3, 0.4) is 0 Å². The van der Waals surface area contributed by atoms with Crippen molar-refractivity contribution in [2.45, 2.75) is 18.4 Å². The van der Waals surface area contributed by atoms with E-state index in [1.807, 2.05) is 30.3 Å². The van der Waals surface area contributed by atoms with Crippen LogP contribution < -0.4 is 9.47 Å². The number of benzene rings is 2. The zero-order valence-electron chi connectivity index (χ0n) is 14.0. The lowest BCUT2D eigenvalue weighted by Crippen LogP contribution is -2.45.